The second kappa shape index (κ2) is 6.40. The van der Waals surface area contributed by atoms with E-state index in [9.17, 15) is 4.79 Å². The molecule has 2 amide bonds. The van der Waals surface area contributed by atoms with Crippen molar-refractivity contribution in [3.05, 3.63) is 35.9 Å². The number of amides is 2. The Morgan fingerprint density at radius 1 is 1.44 bits per heavy atom. The Morgan fingerprint density at radius 2 is 2.22 bits per heavy atom. The Kier molecular flexibility index (Phi) is 4.59. The van der Waals surface area contributed by atoms with E-state index in [0.717, 1.165) is 24.9 Å². The predicted molar refractivity (Wildman–Crippen MR) is 70.3 cm³/mol. The van der Waals surface area contributed by atoms with Gasteiger partial charge in [0.05, 0.1) is 12.6 Å². The molecule has 4 nitrogen and oxygen atoms in total. The zero-order chi connectivity index (χ0) is 12.8. The van der Waals surface area contributed by atoms with Gasteiger partial charge < -0.3 is 15.0 Å². The van der Waals surface area contributed by atoms with Gasteiger partial charge in [-0.15, -0.1) is 0 Å². The first-order valence-corrected chi connectivity index (χ1v) is 6.38. The fraction of sp³-hybridized carbons (Fsp3) is 0.500. The number of rotatable bonds is 4. The molecule has 1 heterocycles. The lowest BCUT2D eigenvalue weighted by atomic mass is 10.2. The number of nitrogens with one attached hydrogen (secondary N) is 1. The molecule has 1 N–H and O–H groups in total. The first kappa shape index (κ1) is 12.9. The number of hydrogen-bond acceptors (Lipinski definition) is 2. The third kappa shape index (κ3) is 3.23. The molecule has 1 aliphatic rings. The van der Waals surface area contributed by atoms with Crippen LogP contribution in [0, 0.1) is 0 Å². The molecule has 1 aromatic rings. The molecule has 1 saturated heterocycles. The average Bonchev–Trinajstić information content (AvgIpc) is 2.86. The molecule has 0 aliphatic carbocycles. The highest BCUT2D eigenvalue weighted by molar-refractivity contribution is 5.74. The second-order valence-electron chi connectivity index (χ2n) is 4.59. The van der Waals surface area contributed by atoms with Gasteiger partial charge in [0.25, 0.3) is 0 Å². The van der Waals surface area contributed by atoms with E-state index in [1.165, 1.54) is 0 Å². The zero-order valence-electron chi connectivity index (χ0n) is 10.8. The Morgan fingerprint density at radius 3 is 2.94 bits per heavy atom. The molecule has 0 bridgehead atoms. The molecular formula is C14H20N2O2. The van der Waals surface area contributed by atoms with E-state index in [0.29, 0.717) is 13.2 Å². The van der Waals surface area contributed by atoms with Gasteiger partial charge in [-0.3, -0.25) is 0 Å². The summed E-state index contributed by atoms with van der Waals surface area (Å²) in [6, 6.07) is 10.2. The van der Waals surface area contributed by atoms with Crippen molar-refractivity contribution in [1.29, 1.82) is 0 Å². The molecular weight excluding hydrogens is 228 g/mol. The summed E-state index contributed by atoms with van der Waals surface area (Å²) in [4.78, 5) is 13.9. The molecule has 98 valence electrons. The van der Waals surface area contributed by atoms with Crippen LogP contribution in [-0.4, -0.2) is 37.2 Å². The maximum absolute atomic E-state index is 12.1. The number of carbonyl (C=O) groups is 1. The Hall–Kier alpha value is -1.55. The van der Waals surface area contributed by atoms with Gasteiger partial charge in [0.15, 0.2) is 0 Å². The summed E-state index contributed by atoms with van der Waals surface area (Å²) < 4.78 is 5.15. The van der Waals surface area contributed by atoms with Crippen molar-refractivity contribution >= 4 is 6.03 Å². The molecule has 0 aromatic heterocycles. The fourth-order valence-corrected chi connectivity index (χ4v) is 2.34. The van der Waals surface area contributed by atoms with Crippen LogP contribution < -0.4 is 5.32 Å². The number of likely N-dealkylation sites (tertiary alicyclic amines) is 1. The minimum absolute atomic E-state index is 0.0124. The van der Waals surface area contributed by atoms with E-state index in [2.05, 4.69) is 5.32 Å². The summed E-state index contributed by atoms with van der Waals surface area (Å²) in [7, 11) is 1.68. The van der Waals surface area contributed by atoms with Crippen molar-refractivity contribution < 1.29 is 9.53 Å². The van der Waals surface area contributed by atoms with Gasteiger partial charge in [0, 0.05) is 20.2 Å². The van der Waals surface area contributed by atoms with Gasteiger partial charge in [0.1, 0.15) is 0 Å². The van der Waals surface area contributed by atoms with E-state index in [-0.39, 0.29) is 12.1 Å². The SMILES string of the molecule is COCC1CCCN1C(=O)NCc1ccccc1. The molecule has 0 saturated carbocycles. The molecule has 1 atom stereocenters. The summed E-state index contributed by atoms with van der Waals surface area (Å²) in [6.07, 6.45) is 2.10. The summed E-state index contributed by atoms with van der Waals surface area (Å²) >= 11 is 0. The minimum atomic E-state index is 0.0124. The molecule has 2 rings (SSSR count). The van der Waals surface area contributed by atoms with Crippen LogP contribution in [0.25, 0.3) is 0 Å². The van der Waals surface area contributed by atoms with Crippen LogP contribution >= 0.6 is 0 Å². The van der Waals surface area contributed by atoms with E-state index < -0.39 is 0 Å². The van der Waals surface area contributed by atoms with Crippen molar-refractivity contribution in [3.8, 4) is 0 Å². The largest absolute Gasteiger partial charge is 0.383 e. The summed E-state index contributed by atoms with van der Waals surface area (Å²) in [5.41, 5.74) is 1.12. The quantitative estimate of drug-likeness (QED) is 0.885. The average molecular weight is 248 g/mol. The van der Waals surface area contributed by atoms with Gasteiger partial charge in [-0.2, -0.15) is 0 Å². The van der Waals surface area contributed by atoms with Crippen LogP contribution in [0.4, 0.5) is 4.79 Å². The fourth-order valence-electron chi connectivity index (χ4n) is 2.34. The predicted octanol–water partition coefficient (Wildman–Crippen LogP) is 2.01. The number of carbonyl (C=O) groups excluding carboxylic acids is 1. The summed E-state index contributed by atoms with van der Waals surface area (Å²) in [5.74, 6) is 0. The van der Waals surface area contributed by atoms with Gasteiger partial charge in [-0.25, -0.2) is 4.79 Å². The van der Waals surface area contributed by atoms with Crippen LogP contribution in [0.1, 0.15) is 18.4 Å². The molecule has 18 heavy (non-hydrogen) atoms. The Bertz CT molecular complexity index is 381. The summed E-state index contributed by atoms with van der Waals surface area (Å²) in [5, 5.41) is 2.96. The first-order chi connectivity index (χ1) is 8.81. The highest BCUT2D eigenvalue weighted by Gasteiger charge is 2.28. The topological polar surface area (TPSA) is 41.6 Å². The van der Waals surface area contributed by atoms with Crippen LogP contribution in [0.15, 0.2) is 30.3 Å². The third-order valence-electron chi connectivity index (χ3n) is 3.28. The van der Waals surface area contributed by atoms with Gasteiger partial charge in [0.2, 0.25) is 0 Å². The third-order valence-corrected chi connectivity index (χ3v) is 3.28. The maximum Gasteiger partial charge on any atom is 0.317 e. The van der Waals surface area contributed by atoms with E-state index in [1.54, 1.807) is 7.11 Å². The standard InChI is InChI=1S/C14H20N2O2/c1-18-11-13-8-5-9-16(13)14(17)15-10-12-6-3-2-4-7-12/h2-4,6-7,13H,5,8-11H2,1H3,(H,15,17). The lowest BCUT2D eigenvalue weighted by Gasteiger charge is -2.24. The molecule has 1 fully saturated rings. The van der Waals surface area contributed by atoms with Crippen molar-refractivity contribution in [2.24, 2.45) is 0 Å². The number of benzene rings is 1. The molecule has 0 spiro atoms. The Balaban J connectivity index is 1.84. The van der Waals surface area contributed by atoms with E-state index in [1.807, 2.05) is 35.2 Å². The van der Waals surface area contributed by atoms with Crippen molar-refractivity contribution in [3.63, 3.8) is 0 Å². The Labute approximate surface area is 108 Å². The van der Waals surface area contributed by atoms with E-state index in [4.69, 9.17) is 4.74 Å². The van der Waals surface area contributed by atoms with Gasteiger partial charge in [-0.05, 0) is 18.4 Å². The normalized spacial score (nSPS) is 18.9. The number of methoxy groups -OCH3 is 1. The summed E-state index contributed by atoms with van der Waals surface area (Å²) in [6.45, 7) is 2.03. The van der Waals surface area contributed by atoms with Gasteiger partial charge >= 0.3 is 6.03 Å². The van der Waals surface area contributed by atoms with Crippen LogP contribution in [0.2, 0.25) is 0 Å². The zero-order valence-corrected chi connectivity index (χ0v) is 10.8. The highest BCUT2D eigenvalue weighted by Crippen LogP contribution is 2.17. The molecule has 0 radical (unpaired) electrons. The van der Waals surface area contributed by atoms with Crippen molar-refractivity contribution in [1.82, 2.24) is 10.2 Å². The number of ether oxygens (including phenoxy) is 1. The van der Waals surface area contributed by atoms with Crippen molar-refractivity contribution in [2.75, 3.05) is 20.3 Å². The van der Waals surface area contributed by atoms with Crippen molar-refractivity contribution in [2.45, 2.75) is 25.4 Å². The molecule has 1 aromatic carbocycles. The number of urea groups is 1. The first-order valence-electron chi connectivity index (χ1n) is 6.38. The monoisotopic (exact) mass is 248 g/mol. The molecule has 4 heteroatoms. The second-order valence-corrected chi connectivity index (χ2v) is 4.59. The van der Waals surface area contributed by atoms with Gasteiger partial charge in [-0.1, -0.05) is 30.3 Å². The van der Waals surface area contributed by atoms with Crippen LogP contribution in [0.3, 0.4) is 0 Å². The smallest absolute Gasteiger partial charge is 0.317 e. The molecule has 1 unspecified atom stereocenters. The lowest BCUT2D eigenvalue weighted by Crippen LogP contribution is -2.44. The maximum atomic E-state index is 12.1. The van der Waals surface area contributed by atoms with E-state index >= 15 is 0 Å². The number of nitrogens with zero attached hydrogens (tertiary/aromatic N) is 1. The van der Waals surface area contributed by atoms with Crippen LogP contribution in [-0.2, 0) is 11.3 Å². The number of hydrogen-bond donors (Lipinski definition) is 1. The molecule has 1 aliphatic heterocycles. The van der Waals surface area contributed by atoms with Crippen LogP contribution in [0.5, 0.6) is 0 Å². The lowest BCUT2D eigenvalue weighted by molar-refractivity contribution is 0.123. The highest BCUT2D eigenvalue weighted by atomic mass is 16.5. The minimum Gasteiger partial charge on any atom is -0.383 e.